The number of benzene rings is 2. The first kappa shape index (κ1) is 19.1. The highest BCUT2D eigenvalue weighted by Gasteiger charge is 2.38. The van der Waals surface area contributed by atoms with Crippen molar-refractivity contribution in [2.45, 2.75) is 19.3 Å². The molecule has 3 rings (SSSR count). The highest BCUT2D eigenvalue weighted by molar-refractivity contribution is 5.84. The van der Waals surface area contributed by atoms with Crippen molar-refractivity contribution in [3.05, 3.63) is 89.0 Å². The second kappa shape index (κ2) is 8.84. The van der Waals surface area contributed by atoms with E-state index in [4.69, 9.17) is 4.74 Å². The third-order valence-electron chi connectivity index (χ3n) is 4.93. The van der Waals surface area contributed by atoms with Crippen LogP contribution in [0.5, 0.6) is 0 Å². The second-order valence-corrected chi connectivity index (χ2v) is 6.54. The summed E-state index contributed by atoms with van der Waals surface area (Å²) in [6.45, 7) is 2.00. The summed E-state index contributed by atoms with van der Waals surface area (Å²) >= 11 is 0. The maximum atomic E-state index is 12.9. The fraction of sp³-hybridized carbons (Fsp3) is 0.208. The van der Waals surface area contributed by atoms with Crippen LogP contribution in [-0.4, -0.2) is 12.6 Å². The predicted molar refractivity (Wildman–Crippen MR) is 107 cm³/mol. The molecule has 0 spiro atoms. The van der Waals surface area contributed by atoms with Gasteiger partial charge in [0.1, 0.15) is 17.7 Å². The molecule has 0 heterocycles. The summed E-state index contributed by atoms with van der Waals surface area (Å²) in [6, 6.07) is 23.5. The first-order valence-electron chi connectivity index (χ1n) is 9.21. The van der Waals surface area contributed by atoms with Gasteiger partial charge >= 0.3 is 5.97 Å². The van der Waals surface area contributed by atoms with Crippen molar-refractivity contribution in [2.75, 3.05) is 6.61 Å². The summed E-state index contributed by atoms with van der Waals surface area (Å²) in [7, 11) is 0. The molecular weight excluding hydrogens is 348 g/mol. The van der Waals surface area contributed by atoms with Crippen LogP contribution in [-0.2, 0) is 9.53 Å². The quantitative estimate of drug-likeness (QED) is 0.575. The Balaban J connectivity index is 2.22. The van der Waals surface area contributed by atoms with Gasteiger partial charge in [0.25, 0.3) is 0 Å². The van der Waals surface area contributed by atoms with Gasteiger partial charge in [0.05, 0.1) is 12.5 Å². The van der Waals surface area contributed by atoms with E-state index >= 15 is 0 Å². The van der Waals surface area contributed by atoms with Crippen molar-refractivity contribution in [2.24, 2.45) is 5.92 Å². The molecule has 2 unspecified atom stereocenters. The standard InChI is InChI=1S/C24H20N2O2/c1-2-28-24(27)23-21(18-11-7-4-8-12-18)13-19(17-9-5-3-6-10-17)14-22(23)20(15-25)16-26/h3-12,14,21,23H,2,13H2,1H3. The minimum Gasteiger partial charge on any atom is -0.466 e. The molecule has 2 aromatic carbocycles. The lowest BCUT2D eigenvalue weighted by molar-refractivity contribution is -0.147. The maximum Gasteiger partial charge on any atom is 0.314 e. The molecule has 138 valence electrons. The van der Waals surface area contributed by atoms with Gasteiger partial charge in [-0.1, -0.05) is 66.7 Å². The number of nitriles is 2. The Hall–Kier alpha value is -3.63. The molecule has 1 aliphatic carbocycles. The number of hydrogen-bond acceptors (Lipinski definition) is 4. The zero-order chi connectivity index (χ0) is 19.9. The highest BCUT2D eigenvalue weighted by atomic mass is 16.5. The Kier molecular flexibility index (Phi) is 6.04. The topological polar surface area (TPSA) is 73.9 Å². The first-order chi connectivity index (χ1) is 13.7. The minimum absolute atomic E-state index is 0.0490. The Bertz CT molecular complexity index is 976. The van der Waals surface area contributed by atoms with E-state index in [1.165, 1.54) is 0 Å². The van der Waals surface area contributed by atoms with Crippen molar-refractivity contribution >= 4 is 11.5 Å². The third-order valence-corrected chi connectivity index (χ3v) is 4.93. The predicted octanol–water partition coefficient (Wildman–Crippen LogP) is 4.78. The van der Waals surface area contributed by atoms with Crippen molar-refractivity contribution in [1.29, 1.82) is 10.5 Å². The number of allylic oxidation sites excluding steroid dienone is 3. The molecular formula is C24H20N2O2. The molecule has 1 aliphatic rings. The maximum absolute atomic E-state index is 12.9. The average Bonchev–Trinajstić information content (AvgIpc) is 2.75. The number of ether oxygens (including phenoxy) is 1. The van der Waals surface area contributed by atoms with E-state index in [9.17, 15) is 15.3 Å². The Morgan fingerprint density at radius 3 is 2.21 bits per heavy atom. The molecule has 2 aromatic rings. The number of carbonyl (C=O) groups is 1. The van der Waals surface area contributed by atoms with Crippen LogP contribution in [0.25, 0.3) is 5.57 Å². The minimum atomic E-state index is -0.691. The van der Waals surface area contributed by atoms with Crippen molar-refractivity contribution < 1.29 is 9.53 Å². The van der Waals surface area contributed by atoms with Crippen LogP contribution in [0.2, 0.25) is 0 Å². The number of carbonyl (C=O) groups excluding carboxylic acids is 1. The molecule has 0 N–H and O–H groups in total. The van der Waals surface area contributed by atoms with Crippen LogP contribution in [0, 0.1) is 28.6 Å². The average molecular weight is 368 g/mol. The van der Waals surface area contributed by atoms with Gasteiger partial charge in [-0.15, -0.1) is 0 Å². The zero-order valence-corrected chi connectivity index (χ0v) is 15.6. The van der Waals surface area contributed by atoms with Crippen LogP contribution < -0.4 is 0 Å². The summed E-state index contributed by atoms with van der Waals surface area (Å²) in [5.74, 6) is -1.31. The summed E-state index contributed by atoms with van der Waals surface area (Å²) in [5.41, 5.74) is 3.37. The van der Waals surface area contributed by atoms with Gasteiger partial charge in [-0.2, -0.15) is 10.5 Å². The summed E-state index contributed by atoms with van der Waals surface area (Å²) in [4.78, 5) is 12.9. The molecule has 28 heavy (non-hydrogen) atoms. The molecule has 0 aliphatic heterocycles. The van der Waals surface area contributed by atoms with Gasteiger partial charge in [-0.05, 0) is 35.6 Å². The van der Waals surface area contributed by atoms with Crippen LogP contribution >= 0.6 is 0 Å². The Labute approximate surface area is 165 Å². The molecule has 0 saturated carbocycles. The zero-order valence-electron chi connectivity index (χ0n) is 15.6. The van der Waals surface area contributed by atoms with E-state index in [1.54, 1.807) is 6.92 Å². The fourth-order valence-electron chi connectivity index (χ4n) is 3.68. The molecule has 0 amide bonds. The number of rotatable bonds is 4. The van der Waals surface area contributed by atoms with E-state index < -0.39 is 11.9 Å². The van der Waals surface area contributed by atoms with E-state index in [1.807, 2.05) is 78.9 Å². The first-order valence-corrected chi connectivity index (χ1v) is 9.21. The van der Waals surface area contributed by atoms with Crippen LogP contribution in [0.15, 0.2) is 77.9 Å². The Morgan fingerprint density at radius 1 is 1.04 bits per heavy atom. The molecule has 4 nitrogen and oxygen atoms in total. The van der Waals surface area contributed by atoms with Gasteiger partial charge in [0.15, 0.2) is 0 Å². The van der Waals surface area contributed by atoms with Gasteiger partial charge in [0, 0.05) is 5.92 Å². The monoisotopic (exact) mass is 368 g/mol. The van der Waals surface area contributed by atoms with E-state index in [2.05, 4.69) is 0 Å². The third kappa shape index (κ3) is 3.87. The van der Waals surface area contributed by atoms with E-state index in [0.29, 0.717) is 12.0 Å². The Morgan fingerprint density at radius 2 is 1.64 bits per heavy atom. The highest BCUT2D eigenvalue weighted by Crippen LogP contribution is 2.45. The number of nitrogens with zero attached hydrogens (tertiary/aromatic N) is 2. The smallest absolute Gasteiger partial charge is 0.314 e. The van der Waals surface area contributed by atoms with Crippen LogP contribution in [0.1, 0.15) is 30.4 Å². The van der Waals surface area contributed by atoms with E-state index in [0.717, 1.165) is 16.7 Å². The summed E-state index contributed by atoms with van der Waals surface area (Å²) in [5, 5.41) is 19.0. The summed E-state index contributed by atoms with van der Waals surface area (Å²) in [6.07, 6.45) is 2.43. The lowest BCUT2D eigenvalue weighted by Crippen LogP contribution is -2.29. The molecule has 0 fully saturated rings. The SMILES string of the molecule is CCOC(=O)C1C(=C(C#N)C#N)C=C(c2ccccc2)CC1c1ccccc1. The largest absolute Gasteiger partial charge is 0.466 e. The summed E-state index contributed by atoms with van der Waals surface area (Å²) < 4.78 is 5.32. The van der Waals surface area contributed by atoms with Gasteiger partial charge in [-0.25, -0.2) is 0 Å². The molecule has 0 aromatic heterocycles. The van der Waals surface area contributed by atoms with Crippen molar-refractivity contribution in [3.8, 4) is 12.1 Å². The lowest BCUT2D eigenvalue weighted by atomic mass is 9.71. The number of hydrogen-bond donors (Lipinski definition) is 0. The fourth-order valence-corrected chi connectivity index (χ4v) is 3.68. The van der Waals surface area contributed by atoms with Gasteiger partial charge in [-0.3, -0.25) is 4.79 Å². The number of esters is 1. The molecule has 0 saturated heterocycles. The molecule has 0 bridgehead atoms. The lowest BCUT2D eigenvalue weighted by Gasteiger charge is -2.32. The van der Waals surface area contributed by atoms with Crippen molar-refractivity contribution in [1.82, 2.24) is 0 Å². The van der Waals surface area contributed by atoms with Gasteiger partial charge in [0.2, 0.25) is 0 Å². The molecule has 4 heteroatoms. The normalized spacial score (nSPS) is 18.4. The van der Waals surface area contributed by atoms with Gasteiger partial charge < -0.3 is 4.74 Å². The van der Waals surface area contributed by atoms with Crippen molar-refractivity contribution in [3.63, 3.8) is 0 Å². The molecule has 2 atom stereocenters. The molecule has 0 radical (unpaired) electrons. The van der Waals surface area contributed by atoms with Crippen LogP contribution in [0.4, 0.5) is 0 Å². The van der Waals surface area contributed by atoms with E-state index in [-0.39, 0.29) is 18.1 Å². The second-order valence-electron chi connectivity index (χ2n) is 6.54. The van der Waals surface area contributed by atoms with Crippen LogP contribution in [0.3, 0.4) is 0 Å².